The van der Waals surface area contributed by atoms with E-state index >= 15 is 0 Å². The third kappa shape index (κ3) is 4.84. The van der Waals surface area contributed by atoms with Crippen molar-refractivity contribution < 1.29 is 19.1 Å². The minimum atomic E-state index is -0.662. The first-order valence-electron chi connectivity index (χ1n) is 7.68. The van der Waals surface area contributed by atoms with E-state index in [2.05, 4.69) is 5.32 Å². The van der Waals surface area contributed by atoms with E-state index in [-0.39, 0.29) is 11.7 Å². The highest BCUT2D eigenvalue weighted by molar-refractivity contribution is 5.94. The molecule has 0 bridgehead atoms. The van der Waals surface area contributed by atoms with Gasteiger partial charge in [-0.1, -0.05) is 24.3 Å². The molecule has 24 heavy (non-hydrogen) atoms. The van der Waals surface area contributed by atoms with Gasteiger partial charge in [-0.05, 0) is 43.7 Å². The average Bonchev–Trinajstić information content (AvgIpc) is 2.60. The van der Waals surface area contributed by atoms with E-state index in [1.165, 1.54) is 6.92 Å². The molecule has 0 aromatic heterocycles. The van der Waals surface area contributed by atoms with Crippen LogP contribution in [0.5, 0.6) is 11.5 Å². The van der Waals surface area contributed by atoms with Gasteiger partial charge in [-0.2, -0.15) is 0 Å². The molecule has 126 valence electrons. The highest BCUT2D eigenvalue weighted by atomic mass is 16.5. The highest BCUT2D eigenvalue weighted by Crippen LogP contribution is 2.16. The van der Waals surface area contributed by atoms with E-state index < -0.39 is 6.10 Å². The van der Waals surface area contributed by atoms with Gasteiger partial charge >= 0.3 is 0 Å². The normalized spacial score (nSPS) is 11.5. The van der Waals surface area contributed by atoms with Crippen molar-refractivity contribution in [2.45, 2.75) is 26.5 Å². The summed E-state index contributed by atoms with van der Waals surface area (Å²) in [5.74, 6) is 0.998. The number of hydrogen-bond donors (Lipinski definition) is 1. The number of methoxy groups -OCH3 is 1. The van der Waals surface area contributed by atoms with Gasteiger partial charge in [-0.3, -0.25) is 9.59 Å². The van der Waals surface area contributed by atoms with Crippen LogP contribution in [0.15, 0.2) is 48.5 Å². The van der Waals surface area contributed by atoms with Gasteiger partial charge in [0, 0.05) is 12.1 Å². The van der Waals surface area contributed by atoms with Crippen molar-refractivity contribution in [2.75, 3.05) is 7.11 Å². The van der Waals surface area contributed by atoms with Crippen LogP contribution in [0, 0.1) is 0 Å². The zero-order valence-corrected chi connectivity index (χ0v) is 14.0. The van der Waals surface area contributed by atoms with E-state index in [0.717, 1.165) is 11.3 Å². The summed E-state index contributed by atoms with van der Waals surface area (Å²) in [4.78, 5) is 23.5. The first-order valence-corrected chi connectivity index (χ1v) is 7.68. The van der Waals surface area contributed by atoms with Gasteiger partial charge in [0.05, 0.1) is 7.11 Å². The number of nitrogens with one attached hydrogen (secondary N) is 1. The van der Waals surface area contributed by atoms with E-state index in [9.17, 15) is 9.59 Å². The molecule has 0 aliphatic rings. The van der Waals surface area contributed by atoms with Crippen LogP contribution in [-0.4, -0.2) is 24.9 Å². The Hall–Kier alpha value is -2.82. The molecule has 1 N–H and O–H groups in total. The Morgan fingerprint density at radius 2 is 1.79 bits per heavy atom. The van der Waals surface area contributed by atoms with Gasteiger partial charge < -0.3 is 14.8 Å². The Labute approximate surface area is 141 Å². The minimum Gasteiger partial charge on any atom is -0.497 e. The summed E-state index contributed by atoms with van der Waals surface area (Å²) in [7, 11) is 1.61. The molecule has 1 amide bonds. The van der Waals surface area contributed by atoms with Crippen LogP contribution >= 0.6 is 0 Å². The Balaban J connectivity index is 1.89. The van der Waals surface area contributed by atoms with Crippen molar-refractivity contribution in [2.24, 2.45) is 0 Å². The van der Waals surface area contributed by atoms with E-state index in [1.807, 2.05) is 24.3 Å². The zero-order valence-electron chi connectivity index (χ0n) is 14.0. The van der Waals surface area contributed by atoms with Crippen molar-refractivity contribution in [3.8, 4) is 11.5 Å². The fourth-order valence-electron chi connectivity index (χ4n) is 2.12. The largest absolute Gasteiger partial charge is 0.497 e. The lowest BCUT2D eigenvalue weighted by Crippen LogP contribution is -2.35. The first kappa shape index (κ1) is 17.5. The number of carbonyl (C=O) groups excluding carboxylic acids is 2. The van der Waals surface area contributed by atoms with Crippen molar-refractivity contribution in [3.05, 3.63) is 59.7 Å². The van der Waals surface area contributed by atoms with Crippen LogP contribution in [0.1, 0.15) is 29.8 Å². The van der Waals surface area contributed by atoms with Gasteiger partial charge in [-0.15, -0.1) is 0 Å². The summed E-state index contributed by atoms with van der Waals surface area (Å²) < 4.78 is 10.7. The fraction of sp³-hybridized carbons (Fsp3) is 0.263. The summed E-state index contributed by atoms with van der Waals surface area (Å²) in [5.41, 5.74) is 1.52. The summed E-state index contributed by atoms with van der Waals surface area (Å²) in [5, 5.41) is 2.82. The number of carbonyl (C=O) groups is 2. The molecule has 1 unspecified atom stereocenters. The van der Waals surface area contributed by atoms with Crippen molar-refractivity contribution in [1.29, 1.82) is 0 Å². The van der Waals surface area contributed by atoms with Gasteiger partial charge in [0.1, 0.15) is 11.5 Å². The van der Waals surface area contributed by atoms with Crippen LogP contribution in [0.25, 0.3) is 0 Å². The molecule has 0 aliphatic heterocycles. The molecule has 0 saturated carbocycles. The van der Waals surface area contributed by atoms with Crippen LogP contribution in [-0.2, 0) is 11.3 Å². The van der Waals surface area contributed by atoms with Gasteiger partial charge in [0.2, 0.25) is 0 Å². The summed E-state index contributed by atoms with van der Waals surface area (Å²) >= 11 is 0. The standard InChI is InChI=1S/C19H21NO4/c1-13(21)16-5-4-6-18(11-16)24-14(2)19(22)20-12-15-7-9-17(23-3)10-8-15/h4-11,14H,12H2,1-3H3,(H,20,22). The molecule has 0 fully saturated rings. The third-order valence-corrected chi connectivity index (χ3v) is 3.55. The monoisotopic (exact) mass is 327 g/mol. The molecule has 0 heterocycles. The van der Waals surface area contributed by atoms with E-state index in [1.54, 1.807) is 38.3 Å². The number of amides is 1. The summed E-state index contributed by atoms with van der Waals surface area (Å²) in [6.45, 7) is 3.57. The number of ketones is 1. The van der Waals surface area contributed by atoms with Gasteiger partial charge in [0.15, 0.2) is 11.9 Å². The molecular formula is C19H21NO4. The molecular weight excluding hydrogens is 306 g/mol. The van der Waals surface area contributed by atoms with Crippen molar-refractivity contribution >= 4 is 11.7 Å². The zero-order chi connectivity index (χ0) is 17.5. The SMILES string of the molecule is COc1ccc(CNC(=O)C(C)Oc2cccc(C(C)=O)c2)cc1. The lowest BCUT2D eigenvalue weighted by Gasteiger charge is -2.15. The fourth-order valence-corrected chi connectivity index (χ4v) is 2.12. The quantitative estimate of drug-likeness (QED) is 0.794. The predicted molar refractivity (Wildman–Crippen MR) is 91.4 cm³/mol. The molecule has 2 aromatic carbocycles. The maximum absolute atomic E-state index is 12.1. The second-order valence-electron chi connectivity index (χ2n) is 5.41. The maximum Gasteiger partial charge on any atom is 0.261 e. The van der Waals surface area contributed by atoms with Crippen LogP contribution in [0.3, 0.4) is 0 Å². The molecule has 0 saturated heterocycles. The number of Topliss-reactive ketones (excluding diaryl/α,β-unsaturated/α-hetero) is 1. The van der Waals surface area contributed by atoms with Crippen LogP contribution in [0.4, 0.5) is 0 Å². The van der Waals surface area contributed by atoms with Crippen LogP contribution in [0.2, 0.25) is 0 Å². The van der Waals surface area contributed by atoms with Gasteiger partial charge in [-0.25, -0.2) is 0 Å². The average molecular weight is 327 g/mol. The number of ether oxygens (including phenoxy) is 2. The maximum atomic E-state index is 12.1. The number of hydrogen-bond acceptors (Lipinski definition) is 4. The molecule has 2 aromatic rings. The summed E-state index contributed by atoms with van der Waals surface area (Å²) in [6.07, 6.45) is -0.662. The Morgan fingerprint density at radius 3 is 2.42 bits per heavy atom. The minimum absolute atomic E-state index is 0.0444. The van der Waals surface area contributed by atoms with E-state index in [4.69, 9.17) is 9.47 Å². The summed E-state index contributed by atoms with van der Waals surface area (Å²) in [6, 6.07) is 14.3. The topological polar surface area (TPSA) is 64.6 Å². The molecule has 1 atom stereocenters. The molecule has 5 heteroatoms. The Morgan fingerprint density at radius 1 is 1.08 bits per heavy atom. The predicted octanol–water partition coefficient (Wildman–Crippen LogP) is 2.98. The Bertz CT molecular complexity index is 710. The lowest BCUT2D eigenvalue weighted by molar-refractivity contribution is -0.127. The molecule has 2 rings (SSSR count). The van der Waals surface area contributed by atoms with Crippen molar-refractivity contribution in [1.82, 2.24) is 5.32 Å². The molecule has 0 aliphatic carbocycles. The number of rotatable bonds is 7. The number of benzene rings is 2. The second-order valence-corrected chi connectivity index (χ2v) is 5.41. The Kier molecular flexibility index (Phi) is 5.95. The highest BCUT2D eigenvalue weighted by Gasteiger charge is 2.14. The van der Waals surface area contributed by atoms with Crippen LogP contribution < -0.4 is 14.8 Å². The molecule has 0 radical (unpaired) electrons. The van der Waals surface area contributed by atoms with Gasteiger partial charge in [0.25, 0.3) is 5.91 Å². The third-order valence-electron chi connectivity index (χ3n) is 3.55. The van der Waals surface area contributed by atoms with Crippen molar-refractivity contribution in [3.63, 3.8) is 0 Å². The molecule has 0 spiro atoms. The molecule has 5 nitrogen and oxygen atoms in total. The smallest absolute Gasteiger partial charge is 0.261 e. The van der Waals surface area contributed by atoms with E-state index in [0.29, 0.717) is 17.9 Å². The second kappa shape index (κ2) is 8.15. The first-order chi connectivity index (χ1) is 11.5. The lowest BCUT2D eigenvalue weighted by atomic mass is 10.1.